The Labute approximate surface area is 177 Å². The molecule has 2 N–H and O–H groups in total. The van der Waals surface area contributed by atoms with Crippen molar-refractivity contribution in [3.8, 4) is 0 Å². The number of pyridine rings is 1. The van der Waals surface area contributed by atoms with Crippen molar-refractivity contribution in [2.75, 3.05) is 35.5 Å². The summed E-state index contributed by atoms with van der Waals surface area (Å²) in [5.74, 6) is 0.691. The number of nitrogens with zero attached hydrogens (tertiary/aromatic N) is 3. The van der Waals surface area contributed by atoms with E-state index in [4.69, 9.17) is 0 Å². The molecule has 0 unspecified atom stereocenters. The molecule has 8 nitrogen and oxygen atoms in total. The predicted molar refractivity (Wildman–Crippen MR) is 119 cm³/mol. The molecular formula is C21H27N5O3S. The fourth-order valence-corrected chi connectivity index (χ4v) is 5.12. The normalized spacial score (nSPS) is 21.6. The number of anilines is 4. The highest BCUT2D eigenvalue weighted by Crippen LogP contribution is 2.39. The molecule has 0 bridgehead atoms. The van der Waals surface area contributed by atoms with E-state index >= 15 is 0 Å². The number of hydrogen-bond donors (Lipinski definition) is 2. The number of nitrogens with one attached hydrogen (secondary N) is 2. The van der Waals surface area contributed by atoms with E-state index < -0.39 is 10.0 Å². The van der Waals surface area contributed by atoms with Crippen molar-refractivity contribution in [1.29, 1.82) is 0 Å². The molecule has 1 amide bonds. The number of sulfonamides is 1. The average Bonchev–Trinajstić information content (AvgIpc) is 2.79. The summed E-state index contributed by atoms with van der Waals surface area (Å²) < 4.78 is 25.6. The Kier molecular flexibility index (Phi) is 5.42. The van der Waals surface area contributed by atoms with Crippen molar-refractivity contribution in [3.05, 3.63) is 42.1 Å². The van der Waals surface area contributed by atoms with Crippen molar-refractivity contribution in [2.24, 2.45) is 0 Å². The van der Waals surface area contributed by atoms with Gasteiger partial charge in [0.2, 0.25) is 10.0 Å². The van der Waals surface area contributed by atoms with Crippen molar-refractivity contribution >= 4 is 38.8 Å². The molecule has 0 spiro atoms. The third-order valence-electron chi connectivity index (χ3n) is 5.84. The summed E-state index contributed by atoms with van der Waals surface area (Å²) in [6, 6.07) is 9.79. The Hall–Kier alpha value is -2.65. The monoisotopic (exact) mass is 429 g/mol. The molecule has 0 atom stereocenters. The Bertz CT molecular complexity index is 1060. The van der Waals surface area contributed by atoms with Gasteiger partial charge in [0.15, 0.2) is 0 Å². The van der Waals surface area contributed by atoms with E-state index in [-0.39, 0.29) is 18.0 Å². The first-order chi connectivity index (χ1) is 14.2. The van der Waals surface area contributed by atoms with E-state index in [1.165, 1.54) is 6.26 Å². The van der Waals surface area contributed by atoms with Crippen LogP contribution in [-0.2, 0) is 10.0 Å². The molecule has 1 saturated carbocycles. The molecule has 160 valence electrons. The quantitative estimate of drug-likeness (QED) is 0.776. The van der Waals surface area contributed by atoms with Gasteiger partial charge in [-0.2, -0.15) is 0 Å². The molecular weight excluding hydrogens is 402 g/mol. The Morgan fingerprint density at radius 2 is 1.63 bits per heavy atom. The summed E-state index contributed by atoms with van der Waals surface area (Å²) in [5.41, 5.74) is 3.17. The van der Waals surface area contributed by atoms with E-state index in [1.54, 1.807) is 18.1 Å². The van der Waals surface area contributed by atoms with Gasteiger partial charge in [0, 0.05) is 32.2 Å². The van der Waals surface area contributed by atoms with Gasteiger partial charge in [-0.1, -0.05) is 12.1 Å². The molecule has 1 aromatic heterocycles. The van der Waals surface area contributed by atoms with Gasteiger partial charge in [-0.3, -0.25) is 4.79 Å². The number of amides is 1. The highest BCUT2D eigenvalue weighted by molar-refractivity contribution is 7.88. The Morgan fingerprint density at radius 1 is 0.967 bits per heavy atom. The van der Waals surface area contributed by atoms with Crippen LogP contribution in [0.1, 0.15) is 36.0 Å². The zero-order chi connectivity index (χ0) is 21.5. The smallest absolute Gasteiger partial charge is 0.260 e. The second-order valence-electron chi connectivity index (χ2n) is 8.08. The highest BCUT2D eigenvalue weighted by atomic mass is 32.2. The van der Waals surface area contributed by atoms with Crippen molar-refractivity contribution < 1.29 is 13.2 Å². The molecule has 1 aliphatic heterocycles. The molecule has 4 rings (SSSR count). The van der Waals surface area contributed by atoms with Crippen LogP contribution in [0.15, 0.2) is 36.5 Å². The molecule has 0 radical (unpaired) electrons. The van der Waals surface area contributed by atoms with Gasteiger partial charge in [0.25, 0.3) is 5.91 Å². The molecule has 1 fully saturated rings. The molecule has 1 aliphatic carbocycles. The molecule has 30 heavy (non-hydrogen) atoms. The first-order valence-electron chi connectivity index (χ1n) is 10.1. The average molecular weight is 430 g/mol. The van der Waals surface area contributed by atoms with Crippen molar-refractivity contribution in [3.63, 3.8) is 0 Å². The van der Waals surface area contributed by atoms with Crippen molar-refractivity contribution in [1.82, 2.24) is 9.71 Å². The molecule has 1 aromatic carbocycles. The van der Waals surface area contributed by atoms with E-state index in [1.807, 2.05) is 42.3 Å². The minimum Gasteiger partial charge on any atom is -0.367 e. The lowest BCUT2D eigenvalue weighted by Gasteiger charge is -2.30. The maximum Gasteiger partial charge on any atom is 0.260 e. The SMILES string of the molecule is CN1C(=O)c2ccccc2N(C)c2cc(N[C@H]3CC[C@@H](NS(C)(=O)=O)CC3)ncc21. The molecule has 2 aromatic rings. The van der Waals surface area contributed by atoms with E-state index in [2.05, 4.69) is 15.0 Å². The predicted octanol–water partition coefficient (Wildman–Crippen LogP) is 2.71. The van der Waals surface area contributed by atoms with Gasteiger partial charge in [0.05, 0.1) is 35.1 Å². The van der Waals surface area contributed by atoms with Gasteiger partial charge >= 0.3 is 0 Å². The Balaban J connectivity index is 1.53. The number of benzene rings is 1. The summed E-state index contributed by atoms with van der Waals surface area (Å²) in [4.78, 5) is 21.1. The maximum absolute atomic E-state index is 12.9. The molecule has 0 saturated heterocycles. The van der Waals surface area contributed by atoms with Gasteiger partial charge in [-0.15, -0.1) is 0 Å². The standard InChI is InChI=1S/C21H27N5O3S/c1-25-17-7-5-4-6-16(17)21(27)26(2)19-13-22-20(12-18(19)25)23-14-8-10-15(11-9-14)24-30(3,28)29/h4-7,12-15,24H,8-11H2,1-3H3,(H,22,23)/t14-,15+. The minimum absolute atomic E-state index is 0.000325. The number of hydrogen-bond acceptors (Lipinski definition) is 6. The van der Waals surface area contributed by atoms with Crippen LogP contribution in [0.3, 0.4) is 0 Å². The topological polar surface area (TPSA) is 94.6 Å². The summed E-state index contributed by atoms with van der Waals surface area (Å²) in [5, 5.41) is 3.49. The van der Waals surface area contributed by atoms with E-state index in [0.717, 1.165) is 48.6 Å². The zero-order valence-electron chi connectivity index (χ0n) is 17.4. The number of carbonyl (C=O) groups excluding carboxylic acids is 1. The van der Waals surface area contributed by atoms with Crippen LogP contribution in [0.2, 0.25) is 0 Å². The summed E-state index contributed by atoms with van der Waals surface area (Å²) in [7, 11) is 0.546. The zero-order valence-corrected chi connectivity index (χ0v) is 18.2. The summed E-state index contributed by atoms with van der Waals surface area (Å²) >= 11 is 0. The van der Waals surface area contributed by atoms with Crippen LogP contribution >= 0.6 is 0 Å². The molecule has 2 aliphatic rings. The first-order valence-corrected chi connectivity index (χ1v) is 12.0. The fraction of sp³-hybridized carbons (Fsp3) is 0.429. The van der Waals surface area contributed by atoms with Crippen LogP contribution in [0.5, 0.6) is 0 Å². The van der Waals surface area contributed by atoms with Gasteiger partial charge < -0.3 is 15.1 Å². The number of fused-ring (bicyclic) bond motifs is 2. The third-order valence-corrected chi connectivity index (χ3v) is 6.61. The first kappa shape index (κ1) is 20.6. The summed E-state index contributed by atoms with van der Waals surface area (Å²) in [6.45, 7) is 0. The summed E-state index contributed by atoms with van der Waals surface area (Å²) in [6.07, 6.45) is 6.24. The lowest BCUT2D eigenvalue weighted by atomic mass is 9.92. The fourth-order valence-electron chi connectivity index (χ4n) is 4.28. The lowest BCUT2D eigenvalue weighted by molar-refractivity contribution is 0.0994. The van der Waals surface area contributed by atoms with E-state index in [9.17, 15) is 13.2 Å². The van der Waals surface area contributed by atoms with Crippen LogP contribution in [0.25, 0.3) is 0 Å². The van der Waals surface area contributed by atoms with E-state index in [0.29, 0.717) is 5.56 Å². The number of carbonyl (C=O) groups is 1. The number of aromatic nitrogens is 1. The van der Waals surface area contributed by atoms with Crippen LogP contribution < -0.4 is 19.8 Å². The van der Waals surface area contributed by atoms with Gasteiger partial charge in [-0.25, -0.2) is 18.1 Å². The van der Waals surface area contributed by atoms with Crippen LogP contribution in [-0.4, -0.2) is 51.7 Å². The molecule has 2 heterocycles. The number of rotatable bonds is 4. The van der Waals surface area contributed by atoms with Gasteiger partial charge in [0.1, 0.15) is 5.82 Å². The van der Waals surface area contributed by atoms with Crippen LogP contribution in [0.4, 0.5) is 22.9 Å². The second-order valence-corrected chi connectivity index (χ2v) is 9.86. The van der Waals surface area contributed by atoms with Gasteiger partial charge in [-0.05, 0) is 37.8 Å². The Morgan fingerprint density at radius 3 is 2.33 bits per heavy atom. The molecule has 9 heteroatoms. The van der Waals surface area contributed by atoms with Crippen molar-refractivity contribution in [2.45, 2.75) is 37.8 Å². The minimum atomic E-state index is -3.17. The maximum atomic E-state index is 12.9. The largest absolute Gasteiger partial charge is 0.367 e. The lowest BCUT2D eigenvalue weighted by Crippen LogP contribution is -2.39. The van der Waals surface area contributed by atoms with Crippen LogP contribution in [0, 0.1) is 0 Å². The second kappa shape index (κ2) is 7.88. The number of para-hydroxylation sites is 1. The highest BCUT2D eigenvalue weighted by Gasteiger charge is 2.28. The third kappa shape index (κ3) is 4.13.